The van der Waals surface area contributed by atoms with Crippen molar-refractivity contribution in [3.05, 3.63) is 72.8 Å². The zero-order chi connectivity index (χ0) is 16.4. The van der Waals surface area contributed by atoms with Gasteiger partial charge in [-0.25, -0.2) is 4.98 Å². The lowest BCUT2D eigenvalue weighted by Gasteiger charge is -2.17. The summed E-state index contributed by atoms with van der Waals surface area (Å²) in [6.07, 6.45) is 6.26. The van der Waals surface area contributed by atoms with Gasteiger partial charge >= 0.3 is 0 Å². The van der Waals surface area contributed by atoms with Crippen molar-refractivity contribution in [2.75, 3.05) is 18.1 Å². The third-order valence-corrected chi connectivity index (χ3v) is 4.19. The lowest BCUT2D eigenvalue weighted by atomic mass is 10.2. The standard InChI is InChI=1S/C19H17N3O2/c23-19(22-11-9-15-3-1-2-4-18(15)22)13-24-17-7-5-16(6-8-17)21-12-10-20-14-21/h1-8,10,12,14H,9,11,13H2. The van der Waals surface area contributed by atoms with Gasteiger partial charge < -0.3 is 14.2 Å². The van der Waals surface area contributed by atoms with Gasteiger partial charge in [0, 0.05) is 30.3 Å². The van der Waals surface area contributed by atoms with Crippen molar-refractivity contribution in [3.63, 3.8) is 0 Å². The van der Waals surface area contributed by atoms with E-state index in [1.54, 1.807) is 17.4 Å². The van der Waals surface area contributed by atoms with Crippen molar-refractivity contribution < 1.29 is 9.53 Å². The van der Waals surface area contributed by atoms with Gasteiger partial charge in [0.25, 0.3) is 5.91 Å². The molecule has 4 rings (SSSR count). The quantitative estimate of drug-likeness (QED) is 0.743. The smallest absolute Gasteiger partial charge is 0.264 e. The molecule has 1 aliphatic rings. The zero-order valence-electron chi connectivity index (χ0n) is 13.1. The van der Waals surface area contributed by atoms with Crippen molar-refractivity contribution in [2.24, 2.45) is 0 Å². The predicted octanol–water partition coefficient (Wildman–Crippen LogP) is 2.84. The fraction of sp³-hybridized carbons (Fsp3) is 0.158. The molecule has 1 aliphatic heterocycles. The molecule has 0 saturated carbocycles. The maximum absolute atomic E-state index is 12.4. The Balaban J connectivity index is 1.39. The van der Waals surface area contributed by atoms with E-state index in [2.05, 4.69) is 11.1 Å². The van der Waals surface area contributed by atoms with Gasteiger partial charge in [0.2, 0.25) is 0 Å². The molecule has 1 amide bonds. The molecular formula is C19H17N3O2. The number of hydrogen-bond acceptors (Lipinski definition) is 3. The molecule has 0 radical (unpaired) electrons. The molecule has 2 aromatic carbocycles. The highest BCUT2D eigenvalue weighted by atomic mass is 16.5. The summed E-state index contributed by atoms with van der Waals surface area (Å²) in [5.74, 6) is 0.665. The van der Waals surface area contributed by atoms with Gasteiger partial charge in [0.05, 0.1) is 6.33 Å². The Morgan fingerprint density at radius 2 is 1.96 bits per heavy atom. The Hall–Kier alpha value is -3.08. The molecule has 0 saturated heterocycles. The van der Waals surface area contributed by atoms with Gasteiger partial charge in [-0.2, -0.15) is 0 Å². The van der Waals surface area contributed by atoms with Gasteiger partial charge in [-0.3, -0.25) is 4.79 Å². The van der Waals surface area contributed by atoms with E-state index in [-0.39, 0.29) is 12.5 Å². The Labute approximate surface area is 140 Å². The Kier molecular flexibility index (Phi) is 3.75. The number of rotatable bonds is 4. The van der Waals surface area contributed by atoms with Crippen LogP contribution in [0, 0.1) is 0 Å². The van der Waals surface area contributed by atoms with Crippen LogP contribution in [0.25, 0.3) is 5.69 Å². The fourth-order valence-electron chi connectivity index (χ4n) is 2.95. The maximum atomic E-state index is 12.4. The minimum Gasteiger partial charge on any atom is -0.484 e. The molecule has 120 valence electrons. The van der Waals surface area contributed by atoms with Crippen LogP contribution in [-0.4, -0.2) is 28.6 Å². The minimum atomic E-state index is -0.0152. The summed E-state index contributed by atoms with van der Waals surface area (Å²) in [7, 11) is 0. The highest BCUT2D eigenvalue weighted by Crippen LogP contribution is 2.27. The predicted molar refractivity (Wildman–Crippen MR) is 91.6 cm³/mol. The van der Waals surface area contributed by atoms with Gasteiger partial charge in [0.1, 0.15) is 5.75 Å². The third kappa shape index (κ3) is 2.76. The van der Waals surface area contributed by atoms with Crippen LogP contribution in [-0.2, 0) is 11.2 Å². The lowest BCUT2D eigenvalue weighted by Crippen LogP contribution is -2.33. The SMILES string of the molecule is O=C(COc1ccc(-n2ccnc2)cc1)N1CCc2ccccc21. The van der Waals surface area contributed by atoms with Crippen LogP contribution in [0.4, 0.5) is 5.69 Å². The highest BCUT2D eigenvalue weighted by molar-refractivity contribution is 5.96. The van der Waals surface area contributed by atoms with Crippen LogP contribution >= 0.6 is 0 Å². The summed E-state index contributed by atoms with van der Waals surface area (Å²) in [5.41, 5.74) is 3.22. The summed E-state index contributed by atoms with van der Waals surface area (Å²) < 4.78 is 7.56. The first kappa shape index (κ1) is 14.5. The molecule has 5 heteroatoms. The van der Waals surface area contributed by atoms with E-state index < -0.39 is 0 Å². The third-order valence-electron chi connectivity index (χ3n) is 4.19. The number of fused-ring (bicyclic) bond motifs is 1. The number of ether oxygens (including phenoxy) is 1. The van der Waals surface area contributed by atoms with E-state index in [1.165, 1.54) is 5.56 Å². The summed E-state index contributed by atoms with van der Waals surface area (Å²) >= 11 is 0. The second-order valence-corrected chi connectivity index (χ2v) is 5.68. The maximum Gasteiger partial charge on any atom is 0.264 e. The highest BCUT2D eigenvalue weighted by Gasteiger charge is 2.24. The van der Waals surface area contributed by atoms with Gasteiger partial charge in [-0.15, -0.1) is 0 Å². The summed E-state index contributed by atoms with van der Waals surface area (Å²) in [6, 6.07) is 15.6. The largest absolute Gasteiger partial charge is 0.484 e. The number of benzene rings is 2. The van der Waals surface area contributed by atoms with E-state index in [0.717, 1.165) is 24.3 Å². The molecule has 0 N–H and O–H groups in total. The van der Waals surface area contributed by atoms with Crippen molar-refractivity contribution in [1.29, 1.82) is 0 Å². The van der Waals surface area contributed by atoms with E-state index in [9.17, 15) is 4.79 Å². The van der Waals surface area contributed by atoms with E-state index >= 15 is 0 Å². The number of carbonyl (C=O) groups excluding carboxylic acids is 1. The van der Waals surface area contributed by atoms with Gasteiger partial charge in [-0.1, -0.05) is 18.2 Å². The van der Waals surface area contributed by atoms with Crippen molar-refractivity contribution in [3.8, 4) is 11.4 Å². The number of amides is 1. The average molecular weight is 319 g/mol. The average Bonchev–Trinajstić information content (AvgIpc) is 3.30. The van der Waals surface area contributed by atoms with E-state index in [1.807, 2.05) is 53.2 Å². The fourth-order valence-corrected chi connectivity index (χ4v) is 2.95. The van der Waals surface area contributed by atoms with E-state index in [4.69, 9.17) is 4.74 Å². The molecule has 0 aliphatic carbocycles. The van der Waals surface area contributed by atoms with Crippen molar-refractivity contribution >= 4 is 11.6 Å². The van der Waals surface area contributed by atoms with Crippen LogP contribution in [0.1, 0.15) is 5.56 Å². The number of imidazole rings is 1. The normalized spacial score (nSPS) is 12.9. The Morgan fingerprint density at radius 3 is 2.75 bits per heavy atom. The topological polar surface area (TPSA) is 47.4 Å². The first-order chi connectivity index (χ1) is 11.8. The molecule has 0 spiro atoms. The Bertz CT molecular complexity index is 841. The molecule has 1 aromatic heterocycles. The molecule has 2 heterocycles. The molecule has 24 heavy (non-hydrogen) atoms. The first-order valence-electron chi connectivity index (χ1n) is 7.91. The van der Waals surface area contributed by atoms with Crippen LogP contribution in [0.3, 0.4) is 0 Å². The molecule has 3 aromatic rings. The van der Waals surface area contributed by atoms with Crippen LogP contribution in [0.5, 0.6) is 5.75 Å². The van der Waals surface area contributed by atoms with Crippen LogP contribution in [0.2, 0.25) is 0 Å². The first-order valence-corrected chi connectivity index (χ1v) is 7.91. The van der Waals surface area contributed by atoms with Crippen molar-refractivity contribution in [1.82, 2.24) is 9.55 Å². The summed E-state index contributed by atoms with van der Waals surface area (Å²) in [4.78, 5) is 18.2. The van der Waals surface area contributed by atoms with E-state index in [0.29, 0.717) is 5.75 Å². The summed E-state index contributed by atoms with van der Waals surface area (Å²) in [6.45, 7) is 0.764. The molecular weight excluding hydrogens is 302 g/mol. The van der Waals surface area contributed by atoms with Gasteiger partial charge in [-0.05, 0) is 42.3 Å². The van der Waals surface area contributed by atoms with Crippen LogP contribution in [0.15, 0.2) is 67.3 Å². The minimum absolute atomic E-state index is 0.0152. The zero-order valence-corrected chi connectivity index (χ0v) is 13.1. The number of nitrogens with zero attached hydrogens (tertiary/aromatic N) is 3. The lowest BCUT2D eigenvalue weighted by molar-refractivity contribution is -0.120. The Morgan fingerprint density at radius 1 is 1.12 bits per heavy atom. The monoisotopic (exact) mass is 319 g/mol. The van der Waals surface area contributed by atoms with Crippen molar-refractivity contribution in [2.45, 2.75) is 6.42 Å². The van der Waals surface area contributed by atoms with Crippen LogP contribution < -0.4 is 9.64 Å². The summed E-state index contributed by atoms with van der Waals surface area (Å²) in [5, 5.41) is 0. The molecule has 0 fully saturated rings. The number of para-hydroxylation sites is 1. The molecule has 0 bridgehead atoms. The second-order valence-electron chi connectivity index (χ2n) is 5.68. The number of hydrogen-bond donors (Lipinski definition) is 0. The molecule has 0 unspecified atom stereocenters. The van der Waals surface area contributed by atoms with Gasteiger partial charge in [0.15, 0.2) is 6.61 Å². The molecule has 5 nitrogen and oxygen atoms in total. The molecule has 0 atom stereocenters. The number of carbonyl (C=O) groups is 1. The number of aromatic nitrogens is 2. The number of anilines is 1. The second kappa shape index (κ2) is 6.20.